The molecule has 5 heteroatoms. The Kier molecular flexibility index (Phi) is 2.94. The van der Waals surface area contributed by atoms with Crippen LogP contribution in [-0.4, -0.2) is 37.5 Å². The zero-order valence-corrected chi connectivity index (χ0v) is 9.91. The van der Waals surface area contributed by atoms with Crippen LogP contribution in [0.2, 0.25) is 0 Å². The van der Waals surface area contributed by atoms with Gasteiger partial charge in [-0.1, -0.05) is 0 Å². The van der Waals surface area contributed by atoms with Crippen molar-refractivity contribution in [3.63, 3.8) is 0 Å². The van der Waals surface area contributed by atoms with Gasteiger partial charge in [-0.05, 0) is 26.7 Å². The molecule has 16 heavy (non-hydrogen) atoms. The number of ether oxygens (including phenoxy) is 2. The first-order valence-electron chi connectivity index (χ1n) is 5.78. The summed E-state index contributed by atoms with van der Waals surface area (Å²) in [6.07, 6.45) is 1.76. The molecule has 3 N–H and O–H groups in total. The van der Waals surface area contributed by atoms with Gasteiger partial charge in [0.1, 0.15) is 6.10 Å². The van der Waals surface area contributed by atoms with E-state index < -0.39 is 5.79 Å². The van der Waals surface area contributed by atoms with Crippen LogP contribution < -0.4 is 11.1 Å². The third kappa shape index (κ3) is 2.36. The number of carbonyl (C=O) groups is 1. The van der Waals surface area contributed by atoms with Crippen LogP contribution in [0.15, 0.2) is 0 Å². The van der Waals surface area contributed by atoms with E-state index in [-0.39, 0.29) is 17.4 Å². The van der Waals surface area contributed by atoms with Crippen molar-refractivity contribution in [2.45, 2.75) is 38.6 Å². The highest BCUT2D eigenvalue weighted by atomic mass is 16.7. The average molecular weight is 228 g/mol. The Morgan fingerprint density at radius 1 is 1.50 bits per heavy atom. The summed E-state index contributed by atoms with van der Waals surface area (Å²) in [5.41, 5.74) is 5.30. The van der Waals surface area contributed by atoms with Gasteiger partial charge in [-0.25, -0.2) is 0 Å². The van der Waals surface area contributed by atoms with Crippen LogP contribution in [-0.2, 0) is 14.3 Å². The maximum Gasteiger partial charge on any atom is 0.227 e. The fourth-order valence-electron chi connectivity index (χ4n) is 1.93. The van der Waals surface area contributed by atoms with Crippen LogP contribution in [0.4, 0.5) is 0 Å². The molecule has 1 aliphatic carbocycles. The molecule has 0 aromatic heterocycles. The molecule has 0 aromatic rings. The van der Waals surface area contributed by atoms with Gasteiger partial charge in [0.25, 0.3) is 0 Å². The Morgan fingerprint density at radius 3 is 2.62 bits per heavy atom. The van der Waals surface area contributed by atoms with E-state index in [1.807, 2.05) is 13.8 Å². The Morgan fingerprint density at radius 2 is 2.19 bits per heavy atom. The molecule has 1 atom stereocenters. The summed E-state index contributed by atoms with van der Waals surface area (Å²) in [5.74, 6) is -0.469. The predicted octanol–water partition coefficient (Wildman–Crippen LogP) is -0.00700. The average Bonchev–Trinajstić information content (AvgIpc) is 2.96. The second kappa shape index (κ2) is 3.98. The molecular weight excluding hydrogens is 208 g/mol. The normalized spacial score (nSPS) is 30.1. The fraction of sp³-hybridized carbons (Fsp3) is 0.909. The highest BCUT2D eigenvalue weighted by molar-refractivity contribution is 5.85. The second-order valence-corrected chi connectivity index (χ2v) is 5.15. The number of hydrogen-bond donors (Lipinski definition) is 2. The van der Waals surface area contributed by atoms with E-state index in [0.717, 1.165) is 12.8 Å². The number of amides is 1. The first kappa shape index (κ1) is 11.8. The van der Waals surface area contributed by atoms with Gasteiger partial charge in [-0.2, -0.15) is 0 Å². The molecule has 2 fully saturated rings. The van der Waals surface area contributed by atoms with Crippen LogP contribution >= 0.6 is 0 Å². The van der Waals surface area contributed by atoms with E-state index in [1.54, 1.807) is 0 Å². The highest BCUT2D eigenvalue weighted by Crippen LogP contribution is 2.44. The zero-order chi connectivity index (χ0) is 11.8. The van der Waals surface area contributed by atoms with E-state index in [9.17, 15) is 4.79 Å². The summed E-state index contributed by atoms with van der Waals surface area (Å²) in [5, 5.41) is 2.89. The van der Waals surface area contributed by atoms with Gasteiger partial charge in [-0.15, -0.1) is 0 Å². The van der Waals surface area contributed by atoms with Crippen molar-refractivity contribution < 1.29 is 14.3 Å². The quantitative estimate of drug-likeness (QED) is 0.710. The topological polar surface area (TPSA) is 73.6 Å². The van der Waals surface area contributed by atoms with Gasteiger partial charge in [0.15, 0.2) is 5.79 Å². The Labute approximate surface area is 95.7 Å². The Hall–Kier alpha value is -0.650. The van der Waals surface area contributed by atoms with Crippen molar-refractivity contribution in [2.24, 2.45) is 11.1 Å². The summed E-state index contributed by atoms with van der Waals surface area (Å²) in [4.78, 5) is 11.8. The van der Waals surface area contributed by atoms with E-state index in [2.05, 4.69) is 5.32 Å². The van der Waals surface area contributed by atoms with Crippen molar-refractivity contribution in [1.29, 1.82) is 0 Å². The van der Waals surface area contributed by atoms with Gasteiger partial charge < -0.3 is 20.5 Å². The second-order valence-electron chi connectivity index (χ2n) is 5.15. The van der Waals surface area contributed by atoms with E-state index >= 15 is 0 Å². The van der Waals surface area contributed by atoms with Gasteiger partial charge in [0.05, 0.1) is 12.0 Å². The summed E-state index contributed by atoms with van der Waals surface area (Å²) in [7, 11) is 0. The predicted molar refractivity (Wildman–Crippen MR) is 58.6 cm³/mol. The summed E-state index contributed by atoms with van der Waals surface area (Å²) in [6, 6.07) is 0. The number of rotatable bonds is 4. The molecule has 1 amide bonds. The standard InChI is InChI=1S/C11H20N2O3/c1-10(2)15-6-8(16-10)5-13-9(14)11(7-12)3-4-11/h8H,3-7,12H2,1-2H3,(H,13,14). The number of carbonyl (C=O) groups excluding carboxylic acids is 1. The first-order valence-corrected chi connectivity index (χ1v) is 5.78. The minimum Gasteiger partial charge on any atom is -0.353 e. The van der Waals surface area contributed by atoms with Crippen LogP contribution in [0.1, 0.15) is 26.7 Å². The Balaban J connectivity index is 1.74. The minimum absolute atomic E-state index is 0.0486. The smallest absolute Gasteiger partial charge is 0.227 e. The van der Waals surface area contributed by atoms with E-state index in [1.165, 1.54) is 0 Å². The molecule has 0 bridgehead atoms. The zero-order valence-electron chi connectivity index (χ0n) is 9.91. The molecule has 1 saturated carbocycles. The number of hydrogen-bond acceptors (Lipinski definition) is 4. The lowest BCUT2D eigenvalue weighted by atomic mass is 10.1. The van der Waals surface area contributed by atoms with Crippen molar-refractivity contribution in [2.75, 3.05) is 19.7 Å². The van der Waals surface area contributed by atoms with Crippen molar-refractivity contribution in [3.05, 3.63) is 0 Å². The lowest BCUT2D eigenvalue weighted by molar-refractivity contribution is -0.140. The first-order chi connectivity index (χ1) is 7.47. The highest BCUT2D eigenvalue weighted by Gasteiger charge is 2.48. The molecule has 1 unspecified atom stereocenters. The lowest BCUT2D eigenvalue weighted by Gasteiger charge is -2.18. The van der Waals surface area contributed by atoms with Crippen molar-refractivity contribution >= 4 is 5.91 Å². The molecule has 2 rings (SSSR count). The van der Waals surface area contributed by atoms with E-state index in [0.29, 0.717) is 19.7 Å². The minimum atomic E-state index is -0.527. The molecule has 1 saturated heterocycles. The molecular formula is C11H20N2O3. The van der Waals surface area contributed by atoms with Gasteiger partial charge in [0.2, 0.25) is 5.91 Å². The molecule has 2 aliphatic rings. The van der Waals surface area contributed by atoms with Crippen LogP contribution in [0, 0.1) is 5.41 Å². The molecule has 0 spiro atoms. The van der Waals surface area contributed by atoms with Crippen molar-refractivity contribution in [3.8, 4) is 0 Å². The third-order valence-electron chi connectivity index (χ3n) is 3.28. The van der Waals surface area contributed by atoms with Crippen molar-refractivity contribution in [1.82, 2.24) is 5.32 Å². The molecule has 0 radical (unpaired) electrons. The maximum atomic E-state index is 11.8. The maximum absolute atomic E-state index is 11.8. The SMILES string of the molecule is CC1(C)OCC(CNC(=O)C2(CN)CC2)O1. The summed E-state index contributed by atoms with van der Waals surface area (Å²) >= 11 is 0. The van der Waals surface area contributed by atoms with Crippen LogP contribution in [0.25, 0.3) is 0 Å². The van der Waals surface area contributed by atoms with Gasteiger partial charge in [-0.3, -0.25) is 4.79 Å². The fourth-order valence-corrected chi connectivity index (χ4v) is 1.93. The van der Waals surface area contributed by atoms with Gasteiger partial charge in [0, 0.05) is 13.1 Å². The largest absolute Gasteiger partial charge is 0.353 e. The monoisotopic (exact) mass is 228 g/mol. The van der Waals surface area contributed by atoms with Crippen LogP contribution in [0.5, 0.6) is 0 Å². The molecule has 92 valence electrons. The summed E-state index contributed by atoms with van der Waals surface area (Å²) in [6.45, 7) is 5.22. The lowest BCUT2D eigenvalue weighted by Crippen LogP contribution is -2.41. The number of nitrogens with two attached hydrogens (primary N) is 1. The molecule has 0 aromatic carbocycles. The van der Waals surface area contributed by atoms with E-state index in [4.69, 9.17) is 15.2 Å². The molecule has 1 aliphatic heterocycles. The van der Waals surface area contributed by atoms with Crippen LogP contribution in [0.3, 0.4) is 0 Å². The molecule has 1 heterocycles. The number of nitrogens with one attached hydrogen (secondary N) is 1. The van der Waals surface area contributed by atoms with Gasteiger partial charge >= 0.3 is 0 Å². The third-order valence-corrected chi connectivity index (χ3v) is 3.28. The molecule has 5 nitrogen and oxygen atoms in total. The Bertz CT molecular complexity index is 287. The summed E-state index contributed by atoms with van der Waals surface area (Å²) < 4.78 is 11.0.